The van der Waals surface area contributed by atoms with Gasteiger partial charge in [-0.1, -0.05) is 48.5 Å². The zero-order valence-electron chi connectivity index (χ0n) is 11.7. The fraction of sp³-hybridized carbons (Fsp3) is 0.167. The molecule has 0 radical (unpaired) electrons. The summed E-state index contributed by atoms with van der Waals surface area (Å²) in [6.45, 7) is 0. The quantitative estimate of drug-likeness (QED) is 0.623. The minimum Gasteiger partial charge on any atom is -0.504 e. The van der Waals surface area contributed by atoms with E-state index in [2.05, 4.69) is 29.4 Å². The predicted octanol–water partition coefficient (Wildman–Crippen LogP) is 3.27. The Kier molecular flexibility index (Phi) is 2.78. The third kappa shape index (κ3) is 2.02. The summed E-state index contributed by atoms with van der Waals surface area (Å²) in [5.74, 6) is 0.363. The molecule has 0 fully saturated rings. The van der Waals surface area contributed by atoms with Gasteiger partial charge in [0.15, 0.2) is 5.75 Å². The van der Waals surface area contributed by atoms with E-state index in [1.807, 2.05) is 35.0 Å². The summed E-state index contributed by atoms with van der Waals surface area (Å²) in [7, 11) is 0. The van der Waals surface area contributed by atoms with Crippen molar-refractivity contribution < 1.29 is 5.11 Å². The Bertz CT molecular complexity index is 790. The van der Waals surface area contributed by atoms with Gasteiger partial charge in [0.1, 0.15) is 5.69 Å². The first-order valence-electron chi connectivity index (χ1n) is 7.25. The molecule has 0 amide bonds. The van der Waals surface area contributed by atoms with Crippen LogP contribution >= 0.6 is 0 Å². The zero-order chi connectivity index (χ0) is 14.2. The molecule has 0 spiro atoms. The van der Waals surface area contributed by atoms with Crippen LogP contribution in [-0.2, 0) is 19.3 Å². The van der Waals surface area contributed by atoms with Crippen molar-refractivity contribution in [3.63, 3.8) is 0 Å². The van der Waals surface area contributed by atoms with Gasteiger partial charge in [0.2, 0.25) is 0 Å². The molecule has 1 aliphatic rings. The van der Waals surface area contributed by atoms with Crippen molar-refractivity contribution in [3.05, 3.63) is 77.1 Å². The van der Waals surface area contributed by atoms with E-state index in [0.29, 0.717) is 5.75 Å². The lowest BCUT2D eigenvalue weighted by molar-refractivity contribution is 0.462. The average Bonchev–Trinajstić information content (AvgIpc) is 3.04. The number of hydrogen-bond donors (Lipinski definition) is 1. The van der Waals surface area contributed by atoms with Crippen LogP contribution in [0.15, 0.2) is 54.6 Å². The summed E-state index contributed by atoms with van der Waals surface area (Å²) in [5.41, 5.74) is 5.30. The average molecular weight is 276 g/mol. The van der Waals surface area contributed by atoms with Gasteiger partial charge in [-0.15, -0.1) is 0 Å². The van der Waals surface area contributed by atoms with Crippen LogP contribution in [0.4, 0.5) is 0 Å². The van der Waals surface area contributed by atoms with Gasteiger partial charge in [0, 0.05) is 6.42 Å². The molecule has 1 aromatic heterocycles. The molecular formula is C18H16N2O. The molecule has 0 atom stereocenters. The maximum absolute atomic E-state index is 10.4. The number of hydrogen-bond acceptors (Lipinski definition) is 2. The van der Waals surface area contributed by atoms with Crippen LogP contribution in [0.2, 0.25) is 0 Å². The Morgan fingerprint density at radius 3 is 2.57 bits per heavy atom. The van der Waals surface area contributed by atoms with Crippen molar-refractivity contribution in [2.75, 3.05) is 0 Å². The summed E-state index contributed by atoms with van der Waals surface area (Å²) < 4.78 is 1.89. The number of fused-ring (bicyclic) bond motifs is 3. The number of aromatic nitrogens is 2. The van der Waals surface area contributed by atoms with Crippen LogP contribution in [0.25, 0.3) is 5.69 Å². The molecule has 1 N–H and O–H groups in total. The highest BCUT2D eigenvalue weighted by Crippen LogP contribution is 2.35. The second-order valence-electron chi connectivity index (χ2n) is 5.44. The lowest BCUT2D eigenvalue weighted by Crippen LogP contribution is -1.97. The highest BCUT2D eigenvalue weighted by atomic mass is 16.3. The number of rotatable bonds is 3. The first-order valence-corrected chi connectivity index (χ1v) is 7.25. The third-order valence-electron chi connectivity index (χ3n) is 4.09. The molecule has 3 nitrogen and oxygen atoms in total. The Balaban J connectivity index is 1.62. The summed E-state index contributed by atoms with van der Waals surface area (Å²) in [5, 5.41) is 15.0. The largest absolute Gasteiger partial charge is 0.504 e. The smallest absolute Gasteiger partial charge is 0.160 e. The van der Waals surface area contributed by atoms with Crippen LogP contribution in [0.5, 0.6) is 5.75 Å². The minimum atomic E-state index is 0.363. The summed E-state index contributed by atoms with van der Waals surface area (Å²) in [4.78, 5) is 0. The Labute approximate surface area is 123 Å². The molecular weight excluding hydrogens is 260 g/mol. The Morgan fingerprint density at radius 1 is 0.952 bits per heavy atom. The number of aromatic hydroxyl groups is 1. The van der Waals surface area contributed by atoms with Crippen molar-refractivity contribution in [2.45, 2.75) is 19.3 Å². The van der Waals surface area contributed by atoms with Gasteiger partial charge in [-0.05, 0) is 30.0 Å². The first kappa shape index (κ1) is 12.2. The molecule has 3 heteroatoms. The normalized spacial score (nSPS) is 12.2. The van der Waals surface area contributed by atoms with E-state index < -0.39 is 0 Å². The first-order chi connectivity index (χ1) is 10.3. The molecule has 3 aromatic rings. The Morgan fingerprint density at radius 2 is 1.71 bits per heavy atom. The fourth-order valence-corrected chi connectivity index (χ4v) is 2.98. The van der Waals surface area contributed by atoms with Crippen molar-refractivity contribution in [2.24, 2.45) is 0 Å². The fourth-order valence-electron chi connectivity index (χ4n) is 2.98. The van der Waals surface area contributed by atoms with E-state index >= 15 is 0 Å². The topological polar surface area (TPSA) is 38.1 Å². The van der Waals surface area contributed by atoms with Crippen LogP contribution < -0.4 is 0 Å². The van der Waals surface area contributed by atoms with Gasteiger partial charge in [0.05, 0.1) is 11.4 Å². The van der Waals surface area contributed by atoms with E-state index in [0.717, 1.165) is 36.3 Å². The van der Waals surface area contributed by atoms with Crippen molar-refractivity contribution in [1.82, 2.24) is 9.78 Å². The lowest BCUT2D eigenvalue weighted by atomic mass is 10.1. The maximum Gasteiger partial charge on any atom is 0.160 e. The monoisotopic (exact) mass is 276 g/mol. The van der Waals surface area contributed by atoms with Crippen molar-refractivity contribution in [1.29, 1.82) is 0 Å². The SMILES string of the molecule is Oc1c(CCc2ccccc2)nn2c1Cc1ccccc1-2. The van der Waals surface area contributed by atoms with Gasteiger partial charge >= 0.3 is 0 Å². The highest BCUT2D eigenvalue weighted by molar-refractivity contribution is 5.53. The van der Waals surface area contributed by atoms with Crippen molar-refractivity contribution in [3.8, 4) is 11.4 Å². The molecule has 0 unspecified atom stereocenters. The number of nitrogens with zero attached hydrogens (tertiary/aromatic N) is 2. The van der Waals surface area contributed by atoms with Gasteiger partial charge < -0.3 is 5.11 Å². The van der Waals surface area contributed by atoms with Gasteiger partial charge in [-0.25, -0.2) is 4.68 Å². The van der Waals surface area contributed by atoms with Crippen LogP contribution in [0.3, 0.4) is 0 Å². The molecule has 4 rings (SSSR count). The molecule has 2 aromatic carbocycles. The van der Waals surface area contributed by atoms with E-state index in [4.69, 9.17) is 0 Å². The minimum absolute atomic E-state index is 0.363. The highest BCUT2D eigenvalue weighted by Gasteiger charge is 2.25. The molecule has 21 heavy (non-hydrogen) atoms. The molecule has 0 aliphatic carbocycles. The summed E-state index contributed by atoms with van der Waals surface area (Å²) in [6, 6.07) is 18.5. The standard InChI is InChI=1S/C18H16N2O/c21-18-15(11-10-13-6-2-1-3-7-13)19-20-16-9-5-4-8-14(16)12-17(18)20/h1-9,21H,10-12H2. The van der Waals surface area contributed by atoms with Crippen LogP contribution in [0, 0.1) is 0 Å². The molecule has 0 saturated heterocycles. The van der Waals surface area contributed by atoms with E-state index in [9.17, 15) is 5.11 Å². The number of benzene rings is 2. The predicted molar refractivity (Wildman–Crippen MR) is 81.9 cm³/mol. The third-order valence-corrected chi connectivity index (χ3v) is 4.09. The number of aryl methyl sites for hydroxylation is 2. The molecule has 2 heterocycles. The molecule has 0 saturated carbocycles. The number of para-hydroxylation sites is 1. The molecule has 0 bridgehead atoms. The van der Waals surface area contributed by atoms with Crippen LogP contribution in [-0.4, -0.2) is 14.9 Å². The molecule has 104 valence electrons. The van der Waals surface area contributed by atoms with E-state index in [1.165, 1.54) is 11.1 Å². The van der Waals surface area contributed by atoms with Crippen molar-refractivity contribution >= 4 is 0 Å². The summed E-state index contributed by atoms with van der Waals surface area (Å²) >= 11 is 0. The van der Waals surface area contributed by atoms with Gasteiger partial charge in [-0.3, -0.25) is 0 Å². The van der Waals surface area contributed by atoms with Crippen LogP contribution in [0.1, 0.15) is 22.5 Å². The van der Waals surface area contributed by atoms with Gasteiger partial charge in [0.25, 0.3) is 0 Å². The van der Waals surface area contributed by atoms with E-state index in [1.54, 1.807) is 0 Å². The zero-order valence-corrected chi connectivity index (χ0v) is 11.7. The second-order valence-corrected chi connectivity index (χ2v) is 5.44. The Hall–Kier alpha value is -2.55. The maximum atomic E-state index is 10.4. The van der Waals surface area contributed by atoms with Gasteiger partial charge in [-0.2, -0.15) is 5.10 Å². The van der Waals surface area contributed by atoms with E-state index in [-0.39, 0.29) is 0 Å². The molecule has 1 aliphatic heterocycles. The lowest BCUT2D eigenvalue weighted by Gasteiger charge is -2.01. The summed E-state index contributed by atoms with van der Waals surface area (Å²) in [6.07, 6.45) is 2.42. The second kappa shape index (κ2) is 4.77.